The summed E-state index contributed by atoms with van der Waals surface area (Å²) in [5.74, 6) is -0.561. The lowest BCUT2D eigenvalue weighted by Gasteiger charge is -2.23. The van der Waals surface area contributed by atoms with Gasteiger partial charge < -0.3 is 13.8 Å². The van der Waals surface area contributed by atoms with Gasteiger partial charge in [0.1, 0.15) is 17.5 Å². The first-order valence-electron chi connectivity index (χ1n) is 8.56. The Labute approximate surface area is 172 Å². The van der Waals surface area contributed by atoms with E-state index >= 15 is 0 Å². The highest BCUT2D eigenvalue weighted by Crippen LogP contribution is 2.47. The normalized spacial score (nSPS) is 14.0. The van der Waals surface area contributed by atoms with Gasteiger partial charge in [0.25, 0.3) is 5.69 Å². The smallest absolute Gasteiger partial charge is 0.462 e. The second-order valence-electron chi connectivity index (χ2n) is 6.20. The lowest BCUT2D eigenvalue weighted by atomic mass is 10.3. The average molecular weight is 443 g/mol. The van der Waals surface area contributed by atoms with Crippen LogP contribution in [0.5, 0.6) is 11.5 Å². The largest absolute Gasteiger partial charge is 0.513 e. The minimum Gasteiger partial charge on any atom is -0.462 e. The minimum absolute atomic E-state index is 0.0305. The van der Waals surface area contributed by atoms with Crippen LogP contribution in [0, 0.1) is 10.1 Å². The van der Waals surface area contributed by atoms with Crippen LogP contribution in [-0.4, -0.2) is 23.0 Å². The van der Waals surface area contributed by atoms with Gasteiger partial charge in [-0.15, -0.1) is 0 Å². The number of hydrogen-bond acceptors (Lipinski definition) is 7. The van der Waals surface area contributed by atoms with Crippen molar-refractivity contribution in [3.05, 3.63) is 63.7 Å². The molecule has 0 saturated carbocycles. The average Bonchev–Trinajstić information content (AvgIpc) is 2.63. The molecule has 156 valence electrons. The maximum absolute atomic E-state index is 13.4. The number of benzene rings is 2. The fourth-order valence-corrected chi connectivity index (χ4v) is 3.88. The van der Waals surface area contributed by atoms with Gasteiger partial charge >= 0.3 is 13.7 Å². The molecule has 0 aromatic heterocycles. The van der Waals surface area contributed by atoms with Crippen LogP contribution in [0.25, 0.3) is 0 Å². The summed E-state index contributed by atoms with van der Waals surface area (Å²) in [7, 11) is -4.19. The van der Waals surface area contributed by atoms with Crippen LogP contribution in [0.1, 0.15) is 20.8 Å². The molecule has 2 rings (SSSR count). The van der Waals surface area contributed by atoms with Gasteiger partial charge in [-0.25, -0.2) is 4.57 Å². The van der Waals surface area contributed by atoms with Gasteiger partial charge in [0.05, 0.1) is 16.0 Å². The zero-order valence-corrected chi connectivity index (χ0v) is 17.6. The molecule has 0 aliphatic carbocycles. The van der Waals surface area contributed by atoms with E-state index in [0.29, 0.717) is 0 Å². The molecular formula is C18H20ClN2O7P. The van der Waals surface area contributed by atoms with E-state index in [-0.39, 0.29) is 28.3 Å². The number of rotatable bonds is 9. The molecular weight excluding hydrogens is 423 g/mol. The second-order valence-corrected chi connectivity index (χ2v) is 8.22. The first-order valence-corrected chi connectivity index (χ1v) is 10.5. The van der Waals surface area contributed by atoms with E-state index in [4.69, 9.17) is 25.4 Å². The van der Waals surface area contributed by atoms with Crippen molar-refractivity contribution in [3.8, 4) is 11.5 Å². The first-order chi connectivity index (χ1) is 13.6. The first kappa shape index (κ1) is 22.7. The Kier molecular flexibility index (Phi) is 7.61. The van der Waals surface area contributed by atoms with Crippen LogP contribution >= 0.6 is 19.3 Å². The van der Waals surface area contributed by atoms with E-state index in [1.54, 1.807) is 26.0 Å². The van der Waals surface area contributed by atoms with E-state index in [9.17, 15) is 19.5 Å². The Bertz CT molecular complexity index is 921. The fraction of sp³-hybridized carbons (Fsp3) is 0.278. The Morgan fingerprint density at radius 3 is 2.28 bits per heavy atom. The lowest BCUT2D eigenvalue weighted by Crippen LogP contribution is -2.36. The van der Waals surface area contributed by atoms with Gasteiger partial charge in [-0.05, 0) is 45.0 Å². The third kappa shape index (κ3) is 6.74. The molecule has 11 heteroatoms. The molecule has 0 aliphatic heterocycles. The van der Waals surface area contributed by atoms with E-state index < -0.39 is 24.7 Å². The summed E-state index contributed by atoms with van der Waals surface area (Å²) >= 11 is 6.06. The quantitative estimate of drug-likeness (QED) is 0.256. The molecule has 0 fully saturated rings. The van der Waals surface area contributed by atoms with E-state index in [1.807, 2.05) is 0 Å². The standard InChI is InChI=1S/C18H20ClN2O7P/c1-12(2)26-18(22)13(3)20-29(25,28-17-7-5-4-6-16(17)19)27-15-10-8-14(9-11-15)21(23)24/h4-13H,1-3H3,(H,20,25)/t13-,29?/m0/s1. The van der Waals surface area contributed by atoms with Crippen molar-refractivity contribution < 1.29 is 28.1 Å². The van der Waals surface area contributed by atoms with Crippen molar-refractivity contribution in [3.63, 3.8) is 0 Å². The summed E-state index contributed by atoms with van der Waals surface area (Å²) in [5.41, 5.74) is -0.166. The molecule has 1 N–H and O–H groups in total. The predicted octanol–water partition coefficient (Wildman–Crippen LogP) is 4.74. The molecule has 9 nitrogen and oxygen atoms in total. The van der Waals surface area contributed by atoms with Crippen molar-refractivity contribution in [2.24, 2.45) is 0 Å². The van der Waals surface area contributed by atoms with Crippen LogP contribution in [0.4, 0.5) is 5.69 Å². The minimum atomic E-state index is -4.19. The van der Waals surface area contributed by atoms with Crippen LogP contribution < -0.4 is 14.1 Å². The summed E-state index contributed by atoms with van der Waals surface area (Å²) < 4.78 is 29.4. The van der Waals surface area contributed by atoms with Crippen LogP contribution in [0.2, 0.25) is 5.02 Å². The Balaban J connectivity index is 2.28. The fourth-order valence-electron chi connectivity index (χ4n) is 2.11. The Hall–Kier alpha value is -2.61. The third-order valence-corrected chi connectivity index (χ3v) is 5.29. The molecule has 2 aromatic rings. The number of nitrogens with one attached hydrogen (secondary N) is 1. The van der Waals surface area contributed by atoms with Crippen molar-refractivity contribution >= 4 is 31.0 Å². The zero-order chi connectivity index (χ0) is 21.6. The van der Waals surface area contributed by atoms with Gasteiger partial charge in [0.15, 0.2) is 0 Å². The number of halogens is 1. The molecule has 0 bridgehead atoms. The number of carbonyl (C=O) groups is 1. The highest BCUT2D eigenvalue weighted by molar-refractivity contribution is 7.52. The predicted molar refractivity (Wildman–Crippen MR) is 107 cm³/mol. The summed E-state index contributed by atoms with van der Waals surface area (Å²) in [6.45, 7) is 4.79. The van der Waals surface area contributed by atoms with Crippen LogP contribution in [0.15, 0.2) is 48.5 Å². The van der Waals surface area contributed by atoms with Crippen molar-refractivity contribution in [2.45, 2.75) is 32.9 Å². The third-order valence-electron chi connectivity index (χ3n) is 3.39. The maximum atomic E-state index is 13.4. The number of para-hydroxylation sites is 1. The van der Waals surface area contributed by atoms with Crippen molar-refractivity contribution in [1.29, 1.82) is 0 Å². The van der Waals surface area contributed by atoms with Gasteiger partial charge in [-0.1, -0.05) is 23.7 Å². The molecule has 0 amide bonds. The Morgan fingerprint density at radius 1 is 1.10 bits per heavy atom. The SMILES string of the molecule is CC(C)OC(=O)[C@H](C)NP(=O)(Oc1ccc([N+](=O)[O-])cc1)Oc1ccccc1Cl. The number of esters is 1. The summed E-state index contributed by atoms with van der Waals surface area (Å²) in [6, 6.07) is 10.2. The molecule has 0 saturated heterocycles. The number of hydrogen-bond donors (Lipinski definition) is 1. The topological polar surface area (TPSA) is 117 Å². The molecule has 0 spiro atoms. The number of carbonyl (C=O) groups excluding carboxylic acids is 1. The van der Waals surface area contributed by atoms with E-state index in [1.165, 1.54) is 43.3 Å². The van der Waals surface area contributed by atoms with Crippen LogP contribution in [0.3, 0.4) is 0 Å². The van der Waals surface area contributed by atoms with Gasteiger partial charge in [0, 0.05) is 12.1 Å². The van der Waals surface area contributed by atoms with Gasteiger partial charge in [-0.2, -0.15) is 5.09 Å². The molecule has 0 aliphatic rings. The molecule has 0 radical (unpaired) electrons. The summed E-state index contributed by atoms with van der Waals surface area (Å²) in [5, 5.41) is 13.5. The summed E-state index contributed by atoms with van der Waals surface area (Å²) in [4.78, 5) is 22.3. The maximum Gasteiger partial charge on any atom is 0.513 e. The highest BCUT2D eigenvalue weighted by Gasteiger charge is 2.34. The number of ether oxygens (including phenoxy) is 1. The summed E-state index contributed by atoms with van der Waals surface area (Å²) in [6.07, 6.45) is -0.369. The molecule has 0 heterocycles. The molecule has 2 atom stereocenters. The number of nitrogens with zero attached hydrogens (tertiary/aromatic N) is 1. The van der Waals surface area contributed by atoms with Crippen molar-refractivity contribution in [2.75, 3.05) is 0 Å². The monoisotopic (exact) mass is 442 g/mol. The molecule has 1 unspecified atom stereocenters. The van der Waals surface area contributed by atoms with E-state index in [2.05, 4.69) is 5.09 Å². The van der Waals surface area contributed by atoms with Gasteiger partial charge in [-0.3, -0.25) is 14.9 Å². The van der Waals surface area contributed by atoms with Crippen LogP contribution in [-0.2, 0) is 14.1 Å². The number of nitro groups is 1. The van der Waals surface area contributed by atoms with E-state index in [0.717, 1.165) is 0 Å². The second kappa shape index (κ2) is 9.73. The van der Waals surface area contributed by atoms with Crippen molar-refractivity contribution in [1.82, 2.24) is 5.09 Å². The number of nitro benzene ring substituents is 1. The zero-order valence-electron chi connectivity index (χ0n) is 15.9. The molecule has 2 aromatic carbocycles. The van der Waals surface area contributed by atoms with Gasteiger partial charge in [0.2, 0.25) is 0 Å². The Morgan fingerprint density at radius 2 is 1.72 bits per heavy atom. The highest BCUT2D eigenvalue weighted by atomic mass is 35.5. The molecule has 29 heavy (non-hydrogen) atoms. The lowest BCUT2D eigenvalue weighted by molar-refractivity contribution is -0.384. The number of non-ortho nitro benzene ring substituents is 1.